The highest BCUT2D eigenvalue weighted by molar-refractivity contribution is 5.29. The molecule has 0 saturated heterocycles. The second-order valence-electron chi connectivity index (χ2n) is 6.89. The van der Waals surface area contributed by atoms with E-state index in [1.165, 1.54) is 11.1 Å². The van der Waals surface area contributed by atoms with Crippen LogP contribution in [-0.2, 0) is 0 Å². The van der Waals surface area contributed by atoms with E-state index in [9.17, 15) is 4.39 Å². The largest absolute Gasteiger partial charge is 0.301 e. The number of allylic oxidation sites excluding steroid dienone is 5. The molecular formula is C20H36FN. The molecule has 0 rings (SSSR count). The smallest absolute Gasteiger partial charge is 0.110 e. The summed E-state index contributed by atoms with van der Waals surface area (Å²) in [6, 6.07) is 0. The molecule has 0 heterocycles. The highest BCUT2D eigenvalue weighted by Gasteiger charge is 2.07. The summed E-state index contributed by atoms with van der Waals surface area (Å²) in [4.78, 5) is 2.17. The minimum atomic E-state index is -0.751. The van der Waals surface area contributed by atoms with Crippen molar-refractivity contribution in [2.75, 3.05) is 19.6 Å². The van der Waals surface area contributed by atoms with E-state index in [-0.39, 0.29) is 0 Å². The van der Waals surface area contributed by atoms with Crippen LogP contribution in [0.25, 0.3) is 0 Å². The third-order valence-electron chi connectivity index (χ3n) is 3.72. The Kier molecular flexibility index (Phi) is 11.2. The third-order valence-corrected chi connectivity index (χ3v) is 3.72. The number of hydrogen-bond acceptors (Lipinski definition) is 1. The first-order valence-electron chi connectivity index (χ1n) is 8.64. The minimum Gasteiger partial charge on any atom is -0.301 e. The molecule has 0 aromatic heterocycles. The Morgan fingerprint density at radius 1 is 1.18 bits per heavy atom. The van der Waals surface area contributed by atoms with E-state index in [0.29, 0.717) is 12.5 Å². The van der Waals surface area contributed by atoms with Crippen LogP contribution in [0.5, 0.6) is 0 Å². The quantitative estimate of drug-likeness (QED) is 0.427. The Hall–Kier alpha value is -0.890. The van der Waals surface area contributed by atoms with Gasteiger partial charge in [-0.25, -0.2) is 4.39 Å². The fraction of sp³-hybridized carbons (Fsp3) is 0.700. The molecule has 0 amide bonds. The predicted molar refractivity (Wildman–Crippen MR) is 98.0 cm³/mol. The van der Waals surface area contributed by atoms with Gasteiger partial charge in [-0.05, 0) is 64.6 Å². The van der Waals surface area contributed by atoms with Gasteiger partial charge in [-0.1, -0.05) is 50.6 Å². The summed E-state index contributed by atoms with van der Waals surface area (Å²) >= 11 is 0. The lowest BCUT2D eigenvalue weighted by Crippen LogP contribution is -2.30. The monoisotopic (exact) mass is 309 g/mol. The molecule has 0 saturated carbocycles. The van der Waals surface area contributed by atoms with Crippen molar-refractivity contribution in [2.45, 2.75) is 67.0 Å². The second kappa shape index (κ2) is 11.6. The molecular weight excluding hydrogens is 273 g/mol. The van der Waals surface area contributed by atoms with Gasteiger partial charge in [-0.3, -0.25) is 0 Å². The summed E-state index contributed by atoms with van der Waals surface area (Å²) in [6.45, 7) is 19.1. The first-order chi connectivity index (χ1) is 10.3. The summed E-state index contributed by atoms with van der Waals surface area (Å²) < 4.78 is 13.0. The molecule has 0 N–H and O–H groups in total. The number of halogens is 1. The van der Waals surface area contributed by atoms with E-state index >= 15 is 0 Å². The van der Waals surface area contributed by atoms with Crippen molar-refractivity contribution in [3.63, 3.8) is 0 Å². The van der Waals surface area contributed by atoms with Crippen LogP contribution >= 0.6 is 0 Å². The summed E-state index contributed by atoms with van der Waals surface area (Å²) in [5, 5.41) is 0. The average molecular weight is 310 g/mol. The zero-order chi connectivity index (χ0) is 17.1. The van der Waals surface area contributed by atoms with Gasteiger partial charge in [0.1, 0.15) is 6.17 Å². The fourth-order valence-corrected chi connectivity index (χ4v) is 2.44. The standard InChI is InChI=1S/C20H36FN/c1-8-22(15-19(7)21)13-9-10-18(6)11-12-20(17(4)5)14-16(2)3/h11-12,16,19H,6,8-10,13-15H2,1-5,7H3/b12-11-. The Bertz CT molecular complexity index is 373. The van der Waals surface area contributed by atoms with E-state index in [0.717, 1.165) is 37.9 Å². The molecule has 22 heavy (non-hydrogen) atoms. The number of hydrogen-bond donors (Lipinski definition) is 0. The van der Waals surface area contributed by atoms with Gasteiger partial charge >= 0.3 is 0 Å². The van der Waals surface area contributed by atoms with Gasteiger partial charge in [0, 0.05) is 6.54 Å². The zero-order valence-electron chi connectivity index (χ0n) is 15.6. The molecule has 0 aromatic carbocycles. The summed E-state index contributed by atoms with van der Waals surface area (Å²) in [5.41, 5.74) is 3.95. The predicted octanol–water partition coefficient (Wildman–Crippen LogP) is 5.94. The fourth-order valence-electron chi connectivity index (χ4n) is 2.44. The molecule has 1 atom stereocenters. The molecule has 128 valence electrons. The summed E-state index contributed by atoms with van der Waals surface area (Å²) in [5.74, 6) is 0.670. The zero-order valence-corrected chi connectivity index (χ0v) is 15.6. The lowest BCUT2D eigenvalue weighted by Gasteiger charge is -2.20. The third kappa shape index (κ3) is 10.8. The lowest BCUT2D eigenvalue weighted by atomic mass is 9.98. The number of nitrogens with zero attached hydrogens (tertiary/aromatic N) is 1. The van der Waals surface area contributed by atoms with E-state index in [2.05, 4.69) is 58.2 Å². The average Bonchev–Trinajstić information content (AvgIpc) is 2.41. The van der Waals surface area contributed by atoms with E-state index in [4.69, 9.17) is 0 Å². The SMILES string of the molecule is C=C(/C=C\C(CC(C)C)=C(C)C)CCCN(CC)CC(C)F. The van der Waals surface area contributed by atoms with Crippen LogP contribution in [0.2, 0.25) is 0 Å². The van der Waals surface area contributed by atoms with Crippen LogP contribution in [0.4, 0.5) is 4.39 Å². The summed E-state index contributed by atoms with van der Waals surface area (Å²) in [6.07, 6.45) is 6.75. The van der Waals surface area contributed by atoms with Crippen LogP contribution in [0.1, 0.15) is 60.8 Å². The lowest BCUT2D eigenvalue weighted by molar-refractivity contribution is 0.207. The van der Waals surface area contributed by atoms with Gasteiger partial charge in [-0.15, -0.1) is 0 Å². The van der Waals surface area contributed by atoms with Gasteiger partial charge in [0.2, 0.25) is 0 Å². The van der Waals surface area contributed by atoms with E-state index < -0.39 is 6.17 Å². The van der Waals surface area contributed by atoms with Gasteiger partial charge in [-0.2, -0.15) is 0 Å². The van der Waals surface area contributed by atoms with Crippen molar-refractivity contribution in [3.05, 3.63) is 35.5 Å². The van der Waals surface area contributed by atoms with E-state index in [1.807, 2.05) is 0 Å². The minimum absolute atomic E-state index is 0.537. The molecule has 1 unspecified atom stereocenters. The number of alkyl halides is 1. The maximum absolute atomic E-state index is 13.0. The van der Waals surface area contributed by atoms with Crippen molar-refractivity contribution >= 4 is 0 Å². The first-order valence-corrected chi connectivity index (χ1v) is 8.64. The maximum atomic E-state index is 13.0. The Morgan fingerprint density at radius 3 is 2.27 bits per heavy atom. The van der Waals surface area contributed by atoms with Crippen molar-refractivity contribution in [2.24, 2.45) is 5.92 Å². The molecule has 2 heteroatoms. The highest BCUT2D eigenvalue weighted by Crippen LogP contribution is 2.17. The van der Waals surface area contributed by atoms with Crippen LogP contribution in [0.3, 0.4) is 0 Å². The normalized spacial score (nSPS) is 13.1. The van der Waals surface area contributed by atoms with E-state index in [1.54, 1.807) is 6.92 Å². The van der Waals surface area contributed by atoms with Crippen molar-refractivity contribution in [3.8, 4) is 0 Å². The van der Waals surface area contributed by atoms with Crippen molar-refractivity contribution in [1.29, 1.82) is 0 Å². The van der Waals surface area contributed by atoms with Gasteiger partial charge in [0.15, 0.2) is 0 Å². The van der Waals surface area contributed by atoms with Crippen LogP contribution in [0, 0.1) is 5.92 Å². The van der Waals surface area contributed by atoms with Gasteiger partial charge in [0.25, 0.3) is 0 Å². The van der Waals surface area contributed by atoms with Crippen LogP contribution in [-0.4, -0.2) is 30.7 Å². The molecule has 0 aliphatic heterocycles. The number of rotatable bonds is 11. The molecule has 0 bridgehead atoms. The van der Waals surface area contributed by atoms with Crippen molar-refractivity contribution < 1.29 is 4.39 Å². The topological polar surface area (TPSA) is 3.24 Å². The van der Waals surface area contributed by atoms with Gasteiger partial charge in [0.05, 0.1) is 0 Å². The van der Waals surface area contributed by atoms with Crippen molar-refractivity contribution in [1.82, 2.24) is 4.90 Å². The molecule has 0 radical (unpaired) electrons. The maximum Gasteiger partial charge on any atom is 0.110 e. The molecule has 1 nitrogen and oxygen atoms in total. The molecule has 0 aromatic rings. The highest BCUT2D eigenvalue weighted by atomic mass is 19.1. The summed E-state index contributed by atoms with van der Waals surface area (Å²) in [7, 11) is 0. The molecule has 0 aliphatic carbocycles. The second-order valence-corrected chi connectivity index (χ2v) is 6.89. The molecule has 0 aliphatic rings. The molecule has 0 fully saturated rings. The Labute approximate surface area is 138 Å². The molecule has 0 spiro atoms. The Morgan fingerprint density at radius 2 is 1.82 bits per heavy atom. The van der Waals surface area contributed by atoms with Crippen LogP contribution in [0.15, 0.2) is 35.5 Å². The van der Waals surface area contributed by atoms with Crippen LogP contribution < -0.4 is 0 Å². The van der Waals surface area contributed by atoms with Gasteiger partial charge < -0.3 is 4.90 Å². The Balaban J connectivity index is 4.27. The first kappa shape index (κ1) is 21.1.